The van der Waals surface area contributed by atoms with Crippen LogP contribution in [0.2, 0.25) is 0 Å². The van der Waals surface area contributed by atoms with E-state index in [-0.39, 0.29) is 56.7 Å². The largest absolute Gasteiger partial charge is 3.00 e. The molecule has 0 aliphatic heterocycles. The molecule has 52 heavy (non-hydrogen) atoms. The maximum atomic E-state index is 8.00. The van der Waals surface area contributed by atoms with Crippen molar-refractivity contribution < 1.29 is 61.5 Å². The summed E-state index contributed by atoms with van der Waals surface area (Å²) in [7, 11) is -1.50. The van der Waals surface area contributed by atoms with Gasteiger partial charge in [0.05, 0.1) is 0 Å². The van der Waals surface area contributed by atoms with Crippen molar-refractivity contribution in [1.82, 2.24) is 0 Å². The van der Waals surface area contributed by atoms with Crippen LogP contribution in [-0.4, -0.2) is 6.79 Å². The molecule has 0 spiro atoms. The van der Waals surface area contributed by atoms with Crippen molar-refractivity contribution in [2.45, 2.75) is 51.4 Å². The van der Waals surface area contributed by atoms with Gasteiger partial charge in [-0.05, 0) is 132 Å². The Morgan fingerprint density at radius 2 is 0.635 bits per heavy atom. The summed E-state index contributed by atoms with van der Waals surface area (Å²) >= 11 is 0. The van der Waals surface area contributed by atoms with Crippen LogP contribution in [0.25, 0.3) is 11.1 Å². The molecule has 2 aliphatic rings. The average Bonchev–Trinajstić information content (AvgIpc) is 3.17. The number of fused-ring (bicyclic) bond motifs is 2. The molecule has 0 amide bonds. The Kier molecular flexibility index (Phi) is 17.9. The molecule has 0 saturated carbocycles. The Bertz CT molecular complexity index is 1760. The molecule has 268 valence electrons. The zero-order valence-electron chi connectivity index (χ0n) is 29.0. The third kappa shape index (κ3) is 9.16. The minimum atomic E-state index is -0.752. The van der Waals surface area contributed by atoms with Crippen LogP contribution in [0.15, 0.2) is 146 Å². The van der Waals surface area contributed by atoms with Gasteiger partial charge in [0.25, 0.3) is 0 Å². The summed E-state index contributed by atoms with van der Waals surface area (Å²) in [5.41, 5.74) is 9.54. The van der Waals surface area contributed by atoms with Gasteiger partial charge >= 0.3 is 19.5 Å². The zero-order valence-corrected chi connectivity index (χ0v) is 34.7. The number of aryl methyl sites for hydroxylation is 2. The van der Waals surface area contributed by atoms with Crippen molar-refractivity contribution in [2.75, 3.05) is 0 Å². The maximum absolute atomic E-state index is 8.00. The quantitative estimate of drug-likeness (QED) is 0.156. The average molecular weight is 870 g/mol. The van der Waals surface area contributed by atoms with Crippen molar-refractivity contribution in [3.8, 4) is 11.1 Å². The predicted octanol–water partition coefficient (Wildman–Crippen LogP) is -0.548. The smallest absolute Gasteiger partial charge is 1.00 e. The second kappa shape index (κ2) is 21.3. The van der Waals surface area contributed by atoms with Crippen LogP contribution in [-0.2, 0) is 50.0 Å². The van der Waals surface area contributed by atoms with Crippen LogP contribution in [0.3, 0.4) is 0 Å². The molecule has 0 radical (unpaired) electrons. The molecule has 2 aliphatic carbocycles. The molecule has 0 heterocycles. The molecule has 1 nitrogen and oxygen atoms in total. The Balaban J connectivity index is 0.00000120. The molecule has 0 aromatic heterocycles. The predicted molar refractivity (Wildman–Crippen MR) is 210 cm³/mol. The zero-order chi connectivity index (χ0) is 32.7. The second-order valence-electron chi connectivity index (χ2n) is 12.6. The van der Waals surface area contributed by atoms with E-state index < -0.39 is 15.8 Å². The number of carbonyl (C=O) groups is 1. The first-order chi connectivity index (χ1) is 23.9. The van der Waals surface area contributed by atoms with Crippen LogP contribution >= 0.6 is 15.8 Å². The number of halogens is 3. The van der Waals surface area contributed by atoms with E-state index in [4.69, 9.17) is 4.79 Å². The maximum Gasteiger partial charge on any atom is 3.00 e. The van der Waals surface area contributed by atoms with Gasteiger partial charge in [0.15, 0.2) is 0 Å². The van der Waals surface area contributed by atoms with Crippen LogP contribution in [0.1, 0.15) is 47.9 Å². The van der Waals surface area contributed by atoms with Gasteiger partial charge in [0.1, 0.15) is 6.79 Å². The minimum Gasteiger partial charge on any atom is -1.00 e. The van der Waals surface area contributed by atoms with Crippen molar-refractivity contribution in [3.05, 3.63) is 168 Å². The van der Waals surface area contributed by atoms with Crippen molar-refractivity contribution in [2.24, 2.45) is 0 Å². The molecule has 0 unspecified atom stereocenters. The topological polar surface area (TPSA) is 17.1 Å². The summed E-state index contributed by atoms with van der Waals surface area (Å²) < 4.78 is 0. The van der Waals surface area contributed by atoms with Gasteiger partial charge in [-0.1, -0.05) is 146 Å². The van der Waals surface area contributed by atoms with E-state index in [1.165, 1.54) is 83.2 Å². The third-order valence-electron chi connectivity index (χ3n) is 9.81. The standard InChI is InChI=1S/C44H40P2.CH2O.3ClH.Rh/c1-5-19-35(20-6-1)45(36-21-7-2-8-22-36)41-31-29-33-17-13-15-27-39(33)43(41)44-40-28-16-14-18-34(40)30-32-42(44)46(37-23-9-3-10-24-37)38-25-11-4-12-26-38;1-2;;;;/h1-12,19-26,29-32H,13-18,27-28H2;1H2;3*1H;/q;;;;;+3/p-3. The molecule has 0 N–H and O–H groups in total. The van der Waals surface area contributed by atoms with Crippen LogP contribution in [0, 0.1) is 0 Å². The molecule has 0 bridgehead atoms. The Morgan fingerprint density at radius 3 is 0.923 bits per heavy atom. The van der Waals surface area contributed by atoms with Gasteiger partial charge in [-0.15, -0.1) is 0 Å². The Labute approximate surface area is 343 Å². The van der Waals surface area contributed by atoms with Crippen molar-refractivity contribution in [1.29, 1.82) is 0 Å². The molecule has 0 atom stereocenters. The summed E-state index contributed by atoms with van der Waals surface area (Å²) in [4.78, 5) is 8.00. The van der Waals surface area contributed by atoms with E-state index in [2.05, 4.69) is 146 Å². The molecule has 6 aromatic rings. The van der Waals surface area contributed by atoms with Crippen LogP contribution in [0.5, 0.6) is 0 Å². The summed E-state index contributed by atoms with van der Waals surface area (Å²) in [5.74, 6) is 0. The number of rotatable bonds is 7. The van der Waals surface area contributed by atoms with Gasteiger partial charge in [0.2, 0.25) is 0 Å². The van der Waals surface area contributed by atoms with E-state index >= 15 is 0 Å². The van der Waals surface area contributed by atoms with Gasteiger partial charge < -0.3 is 42.0 Å². The SMILES string of the molecule is C=O.[Cl-].[Cl-].[Cl-].[Rh+3].c1ccc(P(c2ccccc2)c2ccc3c(c2-c2c(P(c4ccccc4)c4ccccc4)ccc4c2CCCC4)CCCC3)cc1. The van der Waals surface area contributed by atoms with Gasteiger partial charge in [-0.25, -0.2) is 0 Å². The number of benzene rings is 6. The summed E-state index contributed by atoms with van der Waals surface area (Å²) in [5, 5.41) is 8.79. The normalized spacial score (nSPS) is 12.7. The second-order valence-corrected chi connectivity index (χ2v) is 17.0. The third-order valence-corrected chi connectivity index (χ3v) is 14.8. The molecule has 6 aromatic carbocycles. The first-order valence-electron chi connectivity index (χ1n) is 17.3. The first kappa shape index (κ1) is 43.7. The van der Waals surface area contributed by atoms with Gasteiger partial charge in [0, 0.05) is 0 Å². The molecule has 8 rings (SSSR count). The fourth-order valence-corrected chi connectivity index (χ4v) is 12.7. The van der Waals surface area contributed by atoms with E-state index in [1.54, 1.807) is 33.4 Å². The molecule has 0 fully saturated rings. The first-order valence-corrected chi connectivity index (χ1v) is 19.9. The van der Waals surface area contributed by atoms with Gasteiger partial charge in [-0.2, -0.15) is 0 Å². The summed E-state index contributed by atoms with van der Waals surface area (Å²) in [6.45, 7) is 2.00. The van der Waals surface area contributed by atoms with Gasteiger partial charge in [-0.3, -0.25) is 0 Å². The molecular weight excluding hydrogens is 828 g/mol. The molecule has 7 heteroatoms. The molecular formula is C45H42Cl3OP2Rh. The van der Waals surface area contributed by atoms with Crippen molar-refractivity contribution >= 4 is 54.5 Å². The monoisotopic (exact) mass is 868 g/mol. The minimum absolute atomic E-state index is 0. The fraction of sp³-hybridized carbons (Fsp3) is 0.178. The number of carbonyl (C=O) groups excluding carboxylic acids is 1. The molecule has 0 saturated heterocycles. The fourth-order valence-electron chi connectivity index (χ4n) is 7.72. The van der Waals surface area contributed by atoms with E-state index in [0.29, 0.717) is 0 Å². The van der Waals surface area contributed by atoms with E-state index in [1.807, 2.05) is 6.79 Å². The van der Waals surface area contributed by atoms with Crippen LogP contribution < -0.4 is 69.0 Å². The van der Waals surface area contributed by atoms with Crippen LogP contribution in [0.4, 0.5) is 0 Å². The van der Waals surface area contributed by atoms with E-state index in [9.17, 15) is 0 Å². The number of hydrogen-bond donors (Lipinski definition) is 0. The summed E-state index contributed by atoms with van der Waals surface area (Å²) in [6.07, 6.45) is 9.84. The van der Waals surface area contributed by atoms with E-state index in [0.717, 1.165) is 0 Å². The number of hydrogen-bond acceptors (Lipinski definition) is 1. The van der Waals surface area contributed by atoms with Crippen molar-refractivity contribution in [3.63, 3.8) is 0 Å². The summed E-state index contributed by atoms with van der Waals surface area (Å²) in [6, 6.07) is 55.5. The Morgan fingerprint density at radius 1 is 0.365 bits per heavy atom. The Hall–Kier alpha value is -2.66.